The monoisotopic (exact) mass is 408 g/mol. The molecular weight excluding hydrogens is 388 g/mol. The quantitative estimate of drug-likeness (QED) is 0.487. The molecule has 0 unspecified atom stereocenters. The number of hydrogen-bond donors (Lipinski definition) is 2. The van der Waals surface area contributed by atoms with Crippen LogP contribution in [0.1, 0.15) is 5.69 Å². The van der Waals surface area contributed by atoms with Crippen LogP contribution in [0.25, 0.3) is 11.2 Å². The summed E-state index contributed by atoms with van der Waals surface area (Å²) in [6.07, 6.45) is 4.18. The number of aromatic amines is 1. The number of hydrogen-bond acceptors (Lipinski definition) is 7. The van der Waals surface area contributed by atoms with E-state index in [-0.39, 0.29) is 5.49 Å². The molecule has 4 rings (SSSR count). The molecule has 0 amide bonds. The number of aryl methyl sites for hydroxylation is 2. The second-order valence-electron chi connectivity index (χ2n) is 6.22. The van der Waals surface area contributed by atoms with Crippen LogP contribution < -0.4 is 15.0 Å². The van der Waals surface area contributed by atoms with Gasteiger partial charge in [-0.1, -0.05) is 6.07 Å². The smallest absolute Gasteiger partial charge is 0.173 e. The molecule has 0 spiro atoms. The first-order chi connectivity index (χ1) is 14.2. The number of ether oxygens (including phenoxy) is 2. The van der Waals surface area contributed by atoms with Crippen LogP contribution >= 0.6 is 11.8 Å². The van der Waals surface area contributed by atoms with Crippen molar-refractivity contribution < 1.29 is 9.47 Å². The lowest BCUT2D eigenvalue weighted by Gasteiger charge is -2.08. The van der Waals surface area contributed by atoms with Crippen molar-refractivity contribution in [2.45, 2.75) is 23.0 Å². The van der Waals surface area contributed by atoms with Crippen molar-refractivity contribution in [1.29, 1.82) is 5.41 Å². The van der Waals surface area contributed by atoms with Crippen LogP contribution in [0.5, 0.6) is 11.5 Å². The van der Waals surface area contributed by atoms with Crippen molar-refractivity contribution in [1.82, 2.24) is 24.5 Å². The number of methoxy groups -OCH3 is 2. The normalized spacial score (nSPS) is 11.0. The molecule has 0 aliphatic carbocycles. The maximum atomic E-state index is 8.13. The molecule has 0 saturated carbocycles. The third-order valence-electron chi connectivity index (χ3n) is 4.41. The van der Waals surface area contributed by atoms with E-state index in [1.54, 1.807) is 26.7 Å². The summed E-state index contributed by atoms with van der Waals surface area (Å²) in [6, 6.07) is 11.5. The van der Waals surface area contributed by atoms with Gasteiger partial charge in [-0.2, -0.15) is 0 Å². The molecular formula is C20H20N6O2S. The van der Waals surface area contributed by atoms with Crippen LogP contribution in [-0.4, -0.2) is 38.7 Å². The van der Waals surface area contributed by atoms with Crippen molar-refractivity contribution in [3.63, 3.8) is 0 Å². The highest BCUT2D eigenvalue weighted by atomic mass is 32.2. The molecule has 0 saturated heterocycles. The first kappa shape index (κ1) is 19.0. The molecule has 0 radical (unpaired) electrons. The fraction of sp³-hybridized carbons (Fsp3) is 0.200. The van der Waals surface area contributed by atoms with Gasteiger partial charge in [0.2, 0.25) is 0 Å². The SMILES string of the molecule is COc1ccc(OC)c(Sc2nc3c([nH]2)c(=N)ncn3CCc2ccccn2)c1. The average Bonchev–Trinajstić information content (AvgIpc) is 3.18. The van der Waals surface area contributed by atoms with Crippen molar-refractivity contribution in [2.24, 2.45) is 0 Å². The molecule has 0 bridgehead atoms. The summed E-state index contributed by atoms with van der Waals surface area (Å²) < 4.78 is 12.7. The van der Waals surface area contributed by atoms with E-state index in [9.17, 15) is 0 Å². The topological polar surface area (TPSA) is 102 Å². The van der Waals surface area contributed by atoms with E-state index in [1.165, 1.54) is 11.8 Å². The van der Waals surface area contributed by atoms with Gasteiger partial charge in [-0.15, -0.1) is 0 Å². The van der Waals surface area contributed by atoms with E-state index < -0.39 is 0 Å². The highest BCUT2D eigenvalue weighted by Gasteiger charge is 2.13. The van der Waals surface area contributed by atoms with Crippen molar-refractivity contribution >= 4 is 22.9 Å². The Bertz CT molecular complexity index is 1190. The average molecular weight is 408 g/mol. The number of fused-ring (bicyclic) bond motifs is 1. The molecule has 0 atom stereocenters. The zero-order valence-electron chi connectivity index (χ0n) is 16.0. The molecule has 0 fully saturated rings. The van der Waals surface area contributed by atoms with E-state index in [1.807, 2.05) is 41.0 Å². The number of H-pyrrole nitrogens is 1. The van der Waals surface area contributed by atoms with Gasteiger partial charge in [0.05, 0.1) is 25.4 Å². The molecule has 148 valence electrons. The molecule has 4 aromatic rings. The van der Waals surface area contributed by atoms with Crippen molar-refractivity contribution in [3.8, 4) is 11.5 Å². The van der Waals surface area contributed by atoms with Gasteiger partial charge < -0.3 is 19.0 Å². The molecule has 29 heavy (non-hydrogen) atoms. The molecule has 2 N–H and O–H groups in total. The molecule has 1 aromatic carbocycles. The number of aromatic nitrogens is 5. The zero-order chi connectivity index (χ0) is 20.2. The molecule has 0 aliphatic heterocycles. The fourth-order valence-corrected chi connectivity index (χ4v) is 3.84. The van der Waals surface area contributed by atoms with E-state index in [0.29, 0.717) is 22.9 Å². The van der Waals surface area contributed by atoms with Crippen LogP contribution in [0.3, 0.4) is 0 Å². The van der Waals surface area contributed by atoms with Gasteiger partial charge in [0.1, 0.15) is 17.0 Å². The minimum absolute atomic E-state index is 0.158. The summed E-state index contributed by atoms with van der Waals surface area (Å²) >= 11 is 1.42. The minimum Gasteiger partial charge on any atom is -0.497 e. The second kappa shape index (κ2) is 8.36. The minimum atomic E-state index is 0.158. The van der Waals surface area contributed by atoms with Gasteiger partial charge in [0, 0.05) is 24.9 Å². The lowest BCUT2D eigenvalue weighted by molar-refractivity contribution is 0.394. The lowest BCUT2D eigenvalue weighted by Crippen LogP contribution is -2.13. The fourth-order valence-electron chi connectivity index (χ4n) is 2.92. The number of pyridine rings is 1. The summed E-state index contributed by atoms with van der Waals surface area (Å²) in [5, 5.41) is 8.78. The third kappa shape index (κ3) is 4.09. The number of rotatable bonds is 7. The van der Waals surface area contributed by atoms with E-state index in [2.05, 4.69) is 15.0 Å². The Morgan fingerprint density at radius 3 is 2.79 bits per heavy atom. The van der Waals surface area contributed by atoms with Crippen LogP contribution in [0.15, 0.2) is 59.0 Å². The van der Waals surface area contributed by atoms with E-state index in [0.717, 1.165) is 28.5 Å². The number of nitrogens with one attached hydrogen (secondary N) is 2. The highest BCUT2D eigenvalue weighted by Crippen LogP contribution is 2.36. The van der Waals surface area contributed by atoms with Gasteiger partial charge in [-0.05, 0) is 42.1 Å². The summed E-state index contributed by atoms with van der Waals surface area (Å²) in [6.45, 7) is 0.665. The molecule has 3 heterocycles. The summed E-state index contributed by atoms with van der Waals surface area (Å²) in [5.74, 6) is 1.46. The van der Waals surface area contributed by atoms with E-state index >= 15 is 0 Å². The largest absolute Gasteiger partial charge is 0.497 e. The Labute approximate surface area is 171 Å². The van der Waals surface area contributed by atoms with Crippen LogP contribution in [0.2, 0.25) is 0 Å². The number of nitrogens with zero attached hydrogens (tertiary/aromatic N) is 4. The highest BCUT2D eigenvalue weighted by molar-refractivity contribution is 7.99. The Morgan fingerprint density at radius 2 is 2.03 bits per heavy atom. The first-order valence-electron chi connectivity index (χ1n) is 8.97. The Morgan fingerprint density at radius 1 is 1.14 bits per heavy atom. The van der Waals surface area contributed by atoms with Gasteiger partial charge in [0.25, 0.3) is 0 Å². The summed E-state index contributed by atoms with van der Waals surface area (Å²) in [7, 11) is 3.25. The standard InChI is InChI=1S/C20H20N6O2S/c1-27-14-6-7-15(28-2)16(11-14)29-20-24-17-18(21)23-12-26(19(17)25-20)10-8-13-5-3-4-9-22-13/h3-7,9,11-12,21H,8,10H2,1-2H3,(H,24,25). The predicted octanol–water partition coefficient (Wildman–Crippen LogP) is 3.04. The maximum absolute atomic E-state index is 8.13. The Balaban J connectivity index is 1.65. The summed E-state index contributed by atoms with van der Waals surface area (Å²) in [4.78, 5) is 17.3. The summed E-state index contributed by atoms with van der Waals surface area (Å²) in [5.41, 5.74) is 2.43. The maximum Gasteiger partial charge on any atom is 0.173 e. The first-order valence-corrected chi connectivity index (χ1v) is 9.79. The van der Waals surface area contributed by atoms with Crippen LogP contribution in [0.4, 0.5) is 0 Å². The third-order valence-corrected chi connectivity index (χ3v) is 5.34. The van der Waals surface area contributed by atoms with Gasteiger partial charge in [-0.25, -0.2) is 9.97 Å². The number of benzene rings is 1. The molecule has 3 aromatic heterocycles. The zero-order valence-corrected chi connectivity index (χ0v) is 16.9. The Hall–Kier alpha value is -3.33. The van der Waals surface area contributed by atoms with Gasteiger partial charge in [0.15, 0.2) is 16.3 Å². The second-order valence-corrected chi connectivity index (χ2v) is 7.25. The Kier molecular flexibility index (Phi) is 5.48. The van der Waals surface area contributed by atoms with Crippen LogP contribution in [-0.2, 0) is 13.0 Å². The number of imidazole rings is 1. The lowest BCUT2D eigenvalue weighted by atomic mass is 10.3. The molecule has 8 nitrogen and oxygen atoms in total. The predicted molar refractivity (Wildman–Crippen MR) is 109 cm³/mol. The molecule has 0 aliphatic rings. The van der Waals surface area contributed by atoms with Crippen molar-refractivity contribution in [2.75, 3.05) is 14.2 Å². The van der Waals surface area contributed by atoms with Gasteiger partial charge >= 0.3 is 0 Å². The molecule has 9 heteroatoms. The van der Waals surface area contributed by atoms with Crippen LogP contribution in [0, 0.1) is 5.41 Å². The van der Waals surface area contributed by atoms with Gasteiger partial charge in [-0.3, -0.25) is 10.4 Å². The van der Waals surface area contributed by atoms with Crippen molar-refractivity contribution in [3.05, 3.63) is 60.1 Å². The van der Waals surface area contributed by atoms with E-state index in [4.69, 9.17) is 19.9 Å².